The summed E-state index contributed by atoms with van der Waals surface area (Å²) in [7, 11) is 0. The lowest BCUT2D eigenvalue weighted by atomic mass is 9.67. The van der Waals surface area contributed by atoms with Gasteiger partial charge < -0.3 is 9.47 Å². The molecule has 0 amide bonds. The van der Waals surface area contributed by atoms with E-state index in [1.54, 1.807) is 0 Å². The zero-order chi connectivity index (χ0) is 45.7. The number of anilines is 3. The molecule has 1 aliphatic carbocycles. The van der Waals surface area contributed by atoms with Crippen molar-refractivity contribution in [1.29, 1.82) is 0 Å². The van der Waals surface area contributed by atoms with Crippen LogP contribution < -0.4 is 4.90 Å². The van der Waals surface area contributed by atoms with Crippen molar-refractivity contribution in [3.05, 3.63) is 301 Å². The molecular weight excluding hydrogens is 833 g/mol. The standard InChI is InChI=1S/C67H46N2/c1-5-21-47(22-6-1)49-23-19-30-55(45-49)68(53-28-11-4-12-29-53)54-42-39-48(40-43-54)56-31-13-14-32-57(56)50-41-44-60-59-34-16-18-37-63(59)69(65(60)46-50)64-38-20-35-61-58-33-15-17-36-62(58)67(66(61)64,51-24-7-2-8-25-51)52-26-9-3-10-27-52/h1-46H. The first-order valence-corrected chi connectivity index (χ1v) is 23.8. The number of hydrogen-bond donors (Lipinski definition) is 0. The maximum absolute atomic E-state index is 2.54. The lowest BCUT2D eigenvalue weighted by Gasteiger charge is -2.35. The summed E-state index contributed by atoms with van der Waals surface area (Å²) in [5.41, 5.74) is 21.0. The van der Waals surface area contributed by atoms with Crippen molar-refractivity contribution in [2.45, 2.75) is 5.41 Å². The van der Waals surface area contributed by atoms with E-state index in [9.17, 15) is 0 Å². The summed E-state index contributed by atoms with van der Waals surface area (Å²) in [5.74, 6) is 0. The van der Waals surface area contributed by atoms with Gasteiger partial charge in [0, 0.05) is 33.4 Å². The molecule has 2 heteroatoms. The van der Waals surface area contributed by atoms with Crippen LogP contribution in [0.15, 0.2) is 279 Å². The first-order chi connectivity index (χ1) is 34.3. The van der Waals surface area contributed by atoms with E-state index < -0.39 is 5.41 Å². The van der Waals surface area contributed by atoms with Crippen LogP contribution >= 0.6 is 0 Å². The predicted molar refractivity (Wildman–Crippen MR) is 289 cm³/mol. The molecule has 13 rings (SSSR count). The quantitative estimate of drug-likeness (QED) is 0.140. The molecule has 0 bridgehead atoms. The molecule has 1 aliphatic rings. The summed E-state index contributed by atoms with van der Waals surface area (Å²) in [4.78, 5) is 2.35. The minimum atomic E-state index is -0.556. The van der Waals surface area contributed by atoms with Gasteiger partial charge in [0.05, 0.1) is 22.1 Å². The molecular formula is C67H46N2. The third-order valence-electron chi connectivity index (χ3n) is 14.3. The van der Waals surface area contributed by atoms with Crippen LogP contribution in [0.25, 0.3) is 72.0 Å². The van der Waals surface area contributed by atoms with Gasteiger partial charge in [-0.05, 0) is 116 Å². The van der Waals surface area contributed by atoms with Crippen molar-refractivity contribution in [1.82, 2.24) is 4.57 Å². The van der Waals surface area contributed by atoms with Crippen molar-refractivity contribution in [3.8, 4) is 50.2 Å². The summed E-state index contributed by atoms with van der Waals surface area (Å²) in [6.07, 6.45) is 0. The number of para-hydroxylation sites is 2. The summed E-state index contributed by atoms with van der Waals surface area (Å²) < 4.78 is 2.54. The van der Waals surface area contributed by atoms with Crippen LogP contribution in [0.3, 0.4) is 0 Å². The largest absolute Gasteiger partial charge is 0.310 e. The second-order valence-corrected chi connectivity index (χ2v) is 18.0. The van der Waals surface area contributed by atoms with E-state index in [2.05, 4.69) is 289 Å². The molecule has 0 aliphatic heterocycles. The third kappa shape index (κ3) is 6.56. The molecule has 0 spiro atoms. The molecule has 0 unspecified atom stereocenters. The summed E-state index contributed by atoms with van der Waals surface area (Å²) in [6.45, 7) is 0. The van der Waals surface area contributed by atoms with Gasteiger partial charge in [0.25, 0.3) is 0 Å². The molecule has 1 aromatic heterocycles. The van der Waals surface area contributed by atoms with Crippen LogP contribution in [0, 0.1) is 0 Å². The smallest absolute Gasteiger partial charge is 0.0734 e. The highest BCUT2D eigenvalue weighted by Gasteiger charge is 2.48. The van der Waals surface area contributed by atoms with Gasteiger partial charge >= 0.3 is 0 Å². The molecule has 2 nitrogen and oxygen atoms in total. The molecule has 324 valence electrons. The van der Waals surface area contributed by atoms with Gasteiger partial charge in [-0.25, -0.2) is 0 Å². The number of benzene rings is 11. The van der Waals surface area contributed by atoms with Crippen molar-refractivity contribution in [2.24, 2.45) is 0 Å². The van der Waals surface area contributed by atoms with Crippen molar-refractivity contribution in [2.75, 3.05) is 4.90 Å². The Morgan fingerprint density at radius 2 is 0.797 bits per heavy atom. The predicted octanol–water partition coefficient (Wildman–Crippen LogP) is 17.6. The lowest BCUT2D eigenvalue weighted by molar-refractivity contribution is 0.762. The fourth-order valence-electron chi connectivity index (χ4n) is 11.3. The number of fused-ring (bicyclic) bond motifs is 6. The number of aromatic nitrogens is 1. The minimum absolute atomic E-state index is 0.556. The average Bonchev–Trinajstić information content (AvgIpc) is 3.93. The third-order valence-corrected chi connectivity index (χ3v) is 14.3. The van der Waals surface area contributed by atoms with E-state index in [1.165, 1.54) is 88.7 Å². The normalized spacial score (nSPS) is 12.5. The molecule has 0 saturated carbocycles. The van der Waals surface area contributed by atoms with Crippen molar-refractivity contribution in [3.63, 3.8) is 0 Å². The maximum atomic E-state index is 2.54. The van der Waals surface area contributed by atoms with Gasteiger partial charge in [-0.3, -0.25) is 0 Å². The average molecular weight is 879 g/mol. The number of hydrogen-bond acceptors (Lipinski definition) is 1. The van der Waals surface area contributed by atoms with Crippen molar-refractivity contribution >= 4 is 38.9 Å². The van der Waals surface area contributed by atoms with Crippen LogP contribution in [0.5, 0.6) is 0 Å². The molecule has 0 radical (unpaired) electrons. The van der Waals surface area contributed by atoms with E-state index in [-0.39, 0.29) is 0 Å². The summed E-state index contributed by atoms with van der Waals surface area (Å²) in [5, 5.41) is 2.46. The molecule has 0 fully saturated rings. The fraction of sp³-hybridized carbons (Fsp3) is 0.0149. The molecule has 0 saturated heterocycles. The molecule has 0 atom stereocenters. The van der Waals surface area contributed by atoms with Crippen LogP contribution in [0.4, 0.5) is 17.1 Å². The SMILES string of the molecule is c1ccc(-c2cccc(N(c3ccccc3)c3ccc(-c4ccccc4-c4ccc5c6ccccc6n(-c6cccc7c6C(c6ccccc6)(c6ccccc6)c6ccccc6-7)c5c4)cc3)c2)cc1. The maximum Gasteiger partial charge on any atom is 0.0734 e. The molecule has 12 aromatic rings. The van der Waals surface area contributed by atoms with E-state index >= 15 is 0 Å². The number of nitrogens with zero attached hydrogens (tertiary/aromatic N) is 2. The van der Waals surface area contributed by atoms with Crippen LogP contribution in [-0.4, -0.2) is 4.57 Å². The Kier molecular flexibility index (Phi) is 9.77. The highest BCUT2D eigenvalue weighted by molar-refractivity contribution is 6.11. The van der Waals surface area contributed by atoms with Gasteiger partial charge in [-0.15, -0.1) is 0 Å². The highest BCUT2D eigenvalue weighted by atomic mass is 15.1. The Morgan fingerprint density at radius 1 is 0.290 bits per heavy atom. The van der Waals surface area contributed by atoms with Gasteiger partial charge in [-0.2, -0.15) is 0 Å². The van der Waals surface area contributed by atoms with E-state index in [1.807, 2.05) is 0 Å². The zero-order valence-corrected chi connectivity index (χ0v) is 38.0. The monoisotopic (exact) mass is 878 g/mol. The van der Waals surface area contributed by atoms with Crippen LogP contribution in [0.2, 0.25) is 0 Å². The Morgan fingerprint density at radius 3 is 1.52 bits per heavy atom. The fourth-order valence-corrected chi connectivity index (χ4v) is 11.3. The van der Waals surface area contributed by atoms with Crippen LogP contribution in [-0.2, 0) is 5.41 Å². The minimum Gasteiger partial charge on any atom is -0.310 e. The Labute approximate surface area is 403 Å². The molecule has 1 heterocycles. The van der Waals surface area contributed by atoms with E-state index in [4.69, 9.17) is 0 Å². The van der Waals surface area contributed by atoms with E-state index in [0.29, 0.717) is 0 Å². The van der Waals surface area contributed by atoms with Crippen LogP contribution in [0.1, 0.15) is 22.3 Å². The first kappa shape index (κ1) is 40.3. The first-order valence-electron chi connectivity index (χ1n) is 23.8. The van der Waals surface area contributed by atoms with E-state index in [0.717, 1.165) is 22.6 Å². The second kappa shape index (κ2) is 16.7. The molecule has 11 aromatic carbocycles. The van der Waals surface area contributed by atoms with Gasteiger partial charge in [0.1, 0.15) is 0 Å². The topological polar surface area (TPSA) is 8.17 Å². The molecule has 0 N–H and O–H groups in total. The van der Waals surface area contributed by atoms with Gasteiger partial charge in [-0.1, -0.05) is 224 Å². The Bertz CT molecular complexity index is 3780. The Hall–Kier alpha value is -8.98. The molecule has 69 heavy (non-hydrogen) atoms. The summed E-state index contributed by atoms with van der Waals surface area (Å²) in [6, 6.07) is 102. The lowest BCUT2D eigenvalue weighted by Crippen LogP contribution is -2.29. The highest BCUT2D eigenvalue weighted by Crippen LogP contribution is 2.58. The summed E-state index contributed by atoms with van der Waals surface area (Å²) >= 11 is 0. The number of rotatable bonds is 9. The Balaban J connectivity index is 0.969. The second-order valence-electron chi connectivity index (χ2n) is 18.0. The van der Waals surface area contributed by atoms with Gasteiger partial charge in [0.15, 0.2) is 0 Å². The zero-order valence-electron chi connectivity index (χ0n) is 38.0. The van der Waals surface area contributed by atoms with Crippen molar-refractivity contribution < 1.29 is 0 Å². The van der Waals surface area contributed by atoms with Gasteiger partial charge in [0.2, 0.25) is 0 Å².